The predicted octanol–water partition coefficient (Wildman–Crippen LogP) is 5.19. The minimum Gasteiger partial charge on any atom is -0.466 e. The summed E-state index contributed by atoms with van der Waals surface area (Å²) in [6, 6.07) is 18.3. The van der Waals surface area contributed by atoms with Crippen LogP contribution in [0.2, 0.25) is 0 Å². The molecule has 0 bridgehead atoms. The Bertz CT molecular complexity index is 1370. The zero-order chi connectivity index (χ0) is 30.4. The number of nitrogens with zero attached hydrogens (tertiary/aromatic N) is 2. The van der Waals surface area contributed by atoms with Gasteiger partial charge in [-0.15, -0.1) is 0 Å². The van der Waals surface area contributed by atoms with Crippen LogP contribution in [-0.4, -0.2) is 46.4 Å². The number of carbonyl (C=O) groups excluding carboxylic acids is 3. The van der Waals surface area contributed by atoms with Crippen molar-refractivity contribution in [1.29, 1.82) is 0 Å². The van der Waals surface area contributed by atoms with Gasteiger partial charge >= 0.3 is 12.1 Å². The van der Waals surface area contributed by atoms with Crippen LogP contribution in [0, 0.1) is 13.8 Å². The average Bonchev–Trinajstić information content (AvgIpc) is 2.88. The van der Waals surface area contributed by atoms with Crippen LogP contribution in [0.5, 0.6) is 0 Å². The lowest BCUT2D eigenvalue weighted by atomic mass is 10.0. The molecule has 0 aliphatic rings. The van der Waals surface area contributed by atoms with Crippen molar-refractivity contribution in [2.45, 2.75) is 73.0 Å². The number of aryl methyl sites for hydroxylation is 2. The maximum atomic E-state index is 11.9. The molecule has 0 saturated carbocycles. The van der Waals surface area contributed by atoms with E-state index in [9.17, 15) is 19.2 Å². The largest absolute Gasteiger partial charge is 0.466 e. The number of carbonyl (C=O) groups is 3. The number of aromatic nitrogens is 2. The third-order valence-electron chi connectivity index (χ3n) is 5.57. The van der Waals surface area contributed by atoms with Gasteiger partial charge in [-0.25, -0.2) is 9.48 Å². The maximum absolute atomic E-state index is 11.9. The fourth-order valence-electron chi connectivity index (χ4n) is 3.77. The highest BCUT2D eigenvalue weighted by Gasteiger charge is 2.15. The number of amides is 1. The lowest BCUT2D eigenvalue weighted by Crippen LogP contribution is -2.33. The lowest BCUT2D eigenvalue weighted by molar-refractivity contribution is -0.142. The Morgan fingerprint density at radius 2 is 1.66 bits per heavy atom. The van der Waals surface area contributed by atoms with E-state index in [0.717, 1.165) is 27.9 Å². The first-order valence-electron chi connectivity index (χ1n) is 13.7. The Morgan fingerprint density at radius 1 is 0.951 bits per heavy atom. The van der Waals surface area contributed by atoms with E-state index in [4.69, 9.17) is 9.47 Å². The monoisotopic (exact) mass is 563 g/mol. The van der Waals surface area contributed by atoms with Gasteiger partial charge in [0.2, 0.25) is 0 Å². The first-order chi connectivity index (χ1) is 19.4. The molecule has 0 aliphatic heterocycles. The highest BCUT2D eigenvalue weighted by molar-refractivity contribution is 5.96. The first kappa shape index (κ1) is 32.9. The van der Waals surface area contributed by atoms with Crippen LogP contribution in [0.25, 0.3) is 0 Å². The summed E-state index contributed by atoms with van der Waals surface area (Å²) in [6.45, 7) is 12.2. The van der Waals surface area contributed by atoms with Crippen molar-refractivity contribution in [3.63, 3.8) is 0 Å². The van der Waals surface area contributed by atoms with Crippen molar-refractivity contribution >= 4 is 17.8 Å². The smallest absolute Gasteiger partial charge is 0.407 e. The van der Waals surface area contributed by atoms with E-state index in [1.807, 2.05) is 83.1 Å². The van der Waals surface area contributed by atoms with E-state index in [1.54, 1.807) is 13.0 Å². The van der Waals surface area contributed by atoms with Crippen molar-refractivity contribution in [1.82, 2.24) is 15.1 Å². The van der Waals surface area contributed by atoms with E-state index >= 15 is 0 Å². The number of benzene rings is 2. The third-order valence-corrected chi connectivity index (χ3v) is 5.57. The van der Waals surface area contributed by atoms with E-state index in [-0.39, 0.29) is 23.7 Å². The van der Waals surface area contributed by atoms with E-state index in [2.05, 4.69) is 10.4 Å². The second-order valence-corrected chi connectivity index (χ2v) is 10.6. The number of hydrogen-bond donors (Lipinski definition) is 1. The fourth-order valence-corrected chi connectivity index (χ4v) is 3.77. The van der Waals surface area contributed by atoms with Gasteiger partial charge in [-0.2, -0.15) is 5.10 Å². The molecular formula is C32H41N3O6. The number of esters is 1. The molecule has 0 radical (unpaired) electrons. The number of hydrogen-bond acceptors (Lipinski definition) is 7. The minimum absolute atomic E-state index is 0.0969. The van der Waals surface area contributed by atoms with Crippen LogP contribution in [-0.2, 0) is 27.2 Å². The SMILES string of the molecule is CCOC(=O)Cc1cccc(Cn2nc(C)ccc2=O)c1.Cc1cccc(C(=O)CCCNC(=O)OC(C)(C)C)c1. The molecule has 1 heterocycles. The second kappa shape index (κ2) is 16.1. The zero-order valence-corrected chi connectivity index (χ0v) is 24.9. The van der Waals surface area contributed by atoms with Crippen LogP contribution in [0.1, 0.15) is 73.3 Å². The van der Waals surface area contributed by atoms with Crippen LogP contribution in [0.15, 0.2) is 65.5 Å². The third kappa shape index (κ3) is 13.1. The molecule has 0 unspecified atom stereocenters. The van der Waals surface area contributed by atoms with Gasteiger partial charge in [0.15, 0.2) is 5.78 Å². The maximum Gasteiger partial charge on any atom is 0.407 e. The highest BCUT2D eigenvalue weighted by Crippen LogP contribution is 2.10. The molecule has 9 heteroatoms. The minimum atomic E-state index is -0.499. The van der Waals surface area contributed by atoms with Gasteiger partial charge < -0.3 is 14.8 Å². The lowest BCUT2D eigenvalue weighted by Gasteiger charge is -2.19. The number of Topliss-reactive ketones (excluding diaryl/α,β-unsaturated/α-hetero) is 1. The van der Waals surface area contributed by atoms with Gasteiger partial charge in [0.05, 0.1) is 25.3 Å². The van der Waals surface area contributed by atoms with Crippen molar-refractivity contribution in [3.8, 4) is 0 Å². The van der Waals surface area contributed by atoms with Crippen LogP contribution >= 0.6 is 0 Å². The summed E-state index contributed by atoms with van der Waals surface area (Å²) in [7, 11) is 0. The number of alkyl carbamates (subject to hydrolysis) is 1. The molecule has 3 rings (SSSR count). The number of ketones is 1. The molecule has 0 saturated heterocycles. The fraction of sp³-hybridized carbons (Fsp3) is 0.406. The van der Waals surface area contributed by atoms with Crippen LogP contribution in [0.3, 0.4) is 0 Å². The first-order valence-corrected chi connectivity index (χ1v) is 13.7. The molecule has 41 heavy (non-hydrogen) atoms. The molecule has 0 spiro atoms. The van der Waals surface area contributed by atoms with Gasteiger partial charge in [-0.1, -0.05) is 48.0 Å². The van der Waals surface area contributed by atoms with Gasteiger partial charge in [0, 0.05) is 24.6 Å². The van der Waals surface area contributed by atoms with Crippen molar-refractivity contribution < 1.29 is 23.9 Å². The summed E-state index contributed by atoms with van der Waals surface area (Å²) in [6.07, 6.45) is 0.809. The molecular weight excluding hydrogens is 522 g/mol. The Hall–Kier alpha value is -4.27. The summed E-state index contributed by atoms with van der Waals surface area (Å²) in [4.78, 5) is 46.6. The number of nitrogens with one attached hydrogen (secondary N) is 1. The standard InChI is InChI=1S/C16H18N2O3.C16H23NO3/c1-3-21-16(20)10-13-5-4-6-14(9-13)11-18-15(19)8-7-12(2)17-18;1-12-7-5-8-13(11-12)14(18)9-6-10-17-15(19)20-16(2,3)4/h4-9H,3,10-11H2,1-2H3;5,7-8,11H,6,9-10H2,1-4H3,(H,17,19). The molecule has 0 aliphatic carbocycles. The molecule has 220 valence electrons. The Labute approximate surface area is 241 Å². The van der Waals surface area contributed by atoms with Crippen LogP contribution in [0.4, 0.5) is 4.79 Å². The molecule has 3 aromatic rings. The molecule has 1 aromatic heterocycles. The normalized spacial score (nSPS) is 10.7. The summed E-state index contributed by atoms with van der Waals surface area (Å²) < 4.78 is 11.5. The predicted molar refractivity (Wildman–Crippen MR) is 158 cm³/mol. The molecule has 0 atom stereocenters. The van der Waals surface area contributed by atoms with Gasteiger partial charge in [-0.3, -0.25) is 14.4 Å². The summed E-state index contributed by atoms with van der Waals surface area (Å²) >= 11 is 0. The van der Waals surface area contributed by atoms with Crippen molar-refractivity contribution in [2.75, 3.05) is 13.2 Å². The highest BCUT2D eigenvalue weighted by atomic mass is 16.6. The van der Waals surface area contributed by atoms with E-state index < -0.39 is 11.7 Å². The summed E-state index contributed by atoms with van der Waals surface area (Å²) in [5, 5.41) is 6.84. The average molecular weight is 564 g/mol. The number of ether oxygens (including phenoxy) is 2. The molecule has 0 fully saturated rings. The second-order valence-electron chi connectivity index (χ2n) is 10.6. The Morgan fingerprint density at radius 3 is 2.34 bits per heavy atom. The summed E-state index contributed by atoms with van der Waals surface area (Å²) in [5.41, 5.74) is 3.74. The summed E-state index contributed by atoms with van der Waals surface area (Å²) in [5.74, 6) is -0.153. The van der Waals surface area contributed by atoms with Gasteiger partial charge in [-0.05, 0) is 71.2 Å². The Kier molecular flexibility index (Phi) is 12.9. The van der Waals surface area contributed by atoms with E-state index in [1.165, 1.54) is 10.7 Å². The zero-order valence-electron chi connectivity index (χ0n) is 24.9. The molecule has 9 nitrogen and oxygen atoms in total. The van der Waals surface area contributed by atoms with Crippen molar-refractivity contribution in [3.05, 3.63) is 99.0 Å². The van der Waals surface area contributed by atoms with Crippen LogP contribution < -0.4 is 10.9 Å². The van der Waals surface area contributed by atoms with E-state index in [0.29, 0.717) is 32.5 Å². The number of rotatable bonds is 10. The van der Waals surface area contributed by atoms with Gasteiger partial charge in [0.1, 0.15) is 5.60 Å². The topological polar surface area (TPSA) is 117 Å². The quantitative estimate of drug-likeness (QED) is 0.205. The molecule has 1 amide bonds. The van der Waals surface area contributed by atoms with Crippen molar-refractivity contribution in [2.24, 2.45) is 0 Å². The van der Waals surface area contributed by atoms with Gasteiger partial charge in [0.25, 0.3) is 5.56 Å². The molecule has 2 aromatic carbocycles. The Balaban J connectivity index is 0.000000287. The molecule has 1 N–H and O–H groups in total.